The lowest BCUT2D eigenvalue weighted by atomic mass is 9.99. The third-order valence-electron chi connectivity index (χ3n) is 4.03. The summed E-state index contributed by atoms with van der Waals surface area (Å²) in [5, 5.41) is 0. The van der Waals surface area contributed by atoms with Gasteiger partial charge in [0, 0.05) is 19.2 Å². The fourth-order valence-electron chi connectivity index (χ4n) is 2.55. The van der Waals surface area contributed by atoms with E-state index in [1.54, 1.807) is 0 Å². The highest BCUT2D eigenvalue weighted by atomic mass is 35.5. The maximum Gasteiger partial charge on any atom is 0.212 e. The van der Waals surface area contributed by atoms with Crippen molar-refractivity contribution in [3.05, 3.63) is 35.4 Å². The second-order valence-corrected chi connectivity index (χ2v) is 8.14. The Morgan fingerprint density at radius 2 is 1.87 bits per heavy atom. The molecule has 1 fully saturated rings. The van der Waals surface area contributed by atoms with Gasteiger partial charge in [-0.15, -0.1) is 12.4 Å². The number of hydrogen-bond donors (Lipinski definition) is 2. The molecular weight excluding hydrogens is 336 g/mol. The van der Waals surface area contributed by atoms with E-state index in [-0.39, 0.29) is 36.7 Å². The predicted octanol–water partition coefficient (Wildman–Crippen LogP) is 2.19. The van der Waals surface area contributed by atoms with Gasteiger partial charge >= 0.3 is 0 Å². The lowest BCUT2D eigenvalue weighted by molar-refractivity contribution is 0.188. The number of rotatable bonds is 7. The number of sulfonamides is 1. The molecule has 3 N–H and O–H groups in total. The van der Waals surface area contributed by atoms with E-state index in [0.717, 1.165) is 12.0 Å². The van der Waals surface area contributed by atoms with E-state index in [9.17, 15) is 8.42 Å². The van der Waals surface area contributed by atoms with Crippen LogP contribution in [0.3, 0.4) is 0 Å². The maximum atomic E-state index is 12.0. The highest BCUT2D eigenvalue weighted by molar-refractivity contribution is 7.89. The van der Waals surface area contributed by atoms with Crippen LogP contribution in [0.1, 0.15) is 43.4 Å². The molecule has 1 aliphatic rings. The third kappa shape index (κ3) is 6.39. The Kier molecular flexibility index (Phi) is 7.97. The number of ether oxygens (including phenoxy) is 1. The Bertz CT molecular complexity index is 569. The molecular formula is C16H27ClN2O3S. The van der Waals surface area contributed by atoms with E-state index in [4.69, 9.17) is 10.5 Å². The lowest BCUT2D eigenvalue weighted by Gasteiger charge is -2.16. The first kappa shape index (κ1) is 20.4. The molecule has 1 aromatic carbocycles. The molecule has 1 aliphatic heterocycles. The topological polar surface area (TPSA) is 81.4 Å². The van der Waals surface area contributed by atoms with E-state index in [1.165, 1.54) is 5.56 Å². The molecule has 2 atom stereocenters. The van der Waals surface area contributed by atoms with Crippen LogP contribution in [0.4, 0.5) is 0 Å². The average Bonchev–Trinajstić information content (AvgIpc) is 2.97. The predicted molar refractivity (Wildman–Crippen MR) is 95.4 cm³/mol. The Hall–Kier alpha value is -0.660. The molecule has 1 heterocycles. The van der Waals surface area contributed by atoms with Crippen LogP contribution in [0.25, 0.3) is 0 Å². The van der Waals surface area contributed by atoms with Crippen LogP contribution < -0.4 is 10.5 Å². The van der Waals surface area contributed by atoms with Crippen LogP contribution in [0, 0.1) is 5.92 Å². The summed E-state index contributed by atoms with van der Waals surface area (Å²) in [5.74, 6) is 0.683. The Morgan fingerprint density at radius 3 is 2.39 bits per heavy atom. The highest BCUT2D eigenvalue weighted by Gasteiger charge is 2.23. The smallest absolute Gasteiger partial charge is 0.212 e. The third-order valence-corrected chi connectivity index (χ3v) is 5.55. The molecule has 7 heteroatoms. The van der Waals surface area contributed by atoms with Gasteiger partial charge in [-0.2, -0.15) is 0 Å². The zero-order chi connectivity index (χ0) is 16.2. The van der Waals surface area contributed by atoms with Gasteiger partial charge in [0.2, 0.25) is 10.0 Å². The second kappa shape index (κ2) is 8.99. The van der Waals surface area contributed by atoms with E-state index in [0.29, 0.717) is 19.1 Å². The molecule has 23 heavy (non-hydrogen) atoms. The van der Waals surface area contributed by atoms with Crippen molar-refractivity contribution in [2.24, 2.45) is 11.7 Å². The minimum absolute atomic E-state index is 0. The van der Waals surface area contributed by atoms with E-state index in [2.05, 4.69) is 18.6 Å². The van der Waals surface area contributed by atoms with E-state index in [1.807, 2.05) is 24.3 Å². The van der Waals surface area contributed by atoms with Gasteiger partial charge in [0.05, 0.1) is 12.4 Å². The van der Waals surface area contributed by atoms with Gasteiger partial charge in [-0.25, -0.2) is 13.1 Å². The van der Waals surface area contributed by atoms with E-state index < -0.39 is 10.0 Å². The van der Waals surface area contributed by atoms with Crippen molar-refractivity contribution in [3.63, 3.8) is 0 Å². The van der Waals surface area contributed by atoms with Crippen molar-refractivity contribution in [1.82, 2.24) is 4.72 Å². The summed E-state index contributed by atoms with van der Waals surface area (Å²) >= 11 is 0. The van der Waals surface area contributed by atoms with Crippen LogP contribution in [0.2, 0.25) is 0 Å². The summed E-state index contributed by atoms with van der Waals surface area (Å²) in [6, 6.07) is 7.70. The molecule has 0 saturated carbocycles. The van der Waals surface area contributed by atoms with Gasteiger partial charge in [0.1, 0.15) is 0 Å². The van der Waals surface area contributed by atoms with Crippen molar-refractivity contribution in [2.45, 2.75) is 32.2 Å². The number of nitrogens with two attached hydrogens (primary N) is 1. The Morgan fingerprint density at radius 1 is 1.26 bits per heavy atom. The first-order valence-corrected chi connectivity index (χ1v) is 9.43. The van der Waals surface area contributed by atoms with Gasteiger partial charge in [0.25, 0.3) is 0 Å². The summed E-state index contributed by atoms with van der Waals surface area (Å²) in [7, 11) is -3.30. The second-order valence-electron chi connectivity index (χ2n) is 6.29. The van der Waals surface area contributed by atoms with Crippen molar-refractivity contribution in [1.29, 1.82) is 0 Å². The number of nitrogens with one attached hydrogen (secondary N) is 1. The Labute approximate surface area is 145 Å². The molecule has 132 valence electrons. The van der Waals surface area contributed by atoms with Crippen LogP contribution in [-0.2, 0) is 14.8 Å². The molecule has 0 aromatic heterocycles. The number of benzene rings is 1. The molecule has 2 unspecified atom stereocenters. The largest absolute Gasteiger partial charge is 0.381 e. The van der Waals surface area contributed by atoms with Gasteiger partial charge < -0.3 is 10.5 Å². The van der Waals surface area contributed by atoms with Crippen LogP contribution in [-0.4, -0.2) is 33.9 Å². The van der Waals surface area contributed by atoms with Gasteiger partial charge in [-0.3, -0.25) is 0 Å². The van der Waals surface area contributed by atoms with Gasteiger partial charge in [-0.05, 0) is 29.4 Å². The summed E-state index contributed by atoms with van der Waals surface area (Å²) in [6.45, 7) is 5.67. The molecule has 1 aromatic rings. The molecule has 1 saturated heterocycles. The number of halogens is 1. The van der Waals surface area contributed by atoms with Crippen molar-refractivity contribution < 1.29 is 13.2 Å². The summed E-state index contributed by atoms with van der Waals surface area (Å²) in [6.07, 6.45) is 0.809. The molecule has 0 amide bonds. The van der Waals surface area contributed by atoms with Crippen molar-refractivity contribution in [2.75, 3.05) is 25.5 Å². The van der Waals surface area contributed by atoms with Crippen LogP contribution in [0.15, 0.2) is 24.3 Å². The van der Waals surface area contributed by atoms with Gasteiger partial charge in [0.15, 0.2) is 0 Å². The standard InChI is InChI=1S/C16H26N2O3S.ClH/c1-12(2)14-3-5-15(6-4-14)16(17)9-18-22(19,20)11-13-7-8-21-10-13;/h3-6,12-13,16,18H,7-11,17H2,1-2H3;1H. The zero-order valence-corrected chi connectivity index (χ0v) is 15.3. The average molecular weight is 363 g/mol. The van der Waals surface area contributed by atoms with Crippen LogP contribution >= 0.6 is 12.4 Å². The molecule has 0 spiro atoms. The maximum absolute atomic E-state index is 12.0. The lowest BCUT2D eigenvalue weighted by Crippen LogP contribution is -2.35. The fourth-order valence-corrected chi connectivity index (χ4v) is 3.98. The fraction of sp³-hybridized carbons (Fsp3) is 0.625. The highest BCUT2D eigenvalue weighted by Crippen LogP contribution is 2.18. The summed E-state index contributed by atoms with van der Waals surface area (Å²) in [4.78, 5) is 0. The summed E-state index contributed by atoms with van der Waals surface area (Å²) < 4.78 is 31.9. The minimum atomic E-state index is -3.30. The summed E-state index contributed by atoms with van der Waals surface area (Å²) in [5.41, 5.74) is 8.27. The first-order chi connectivity index (χ1) is 10.4. The van der Waals surface area contributed by atoms with Gasteiger partial charge in [-0.1, -0.05) is 38.1 Å². The van der Waals surface area contributed by atoms with Crippen molar-refractivity contribution in [3.8, 4) is 0 Å². The van der Waals surface area contributed by atoms with Crippen molar-refractivity contribution >= 4 is 22.4 Å². The molecule has 5 nitrogen and oxygen atoms in total. The van der Waals surface area contributed by atoms with E-state index >= 15 is 0 Å². The Balaban J connectivity index is 0.00000264. The molecule has 0 bridgehead atoms. The number of hydrogen-bond acceptors (Lipinski definition) is 4. The monoisotopic (exact) mass is 362 g/mol. The van der Waals surface area contributed by atoms with Crippen LogP contribution in [0.5, 0.6) is 0 Å². The quantitative estimate of drug-likeness (QED) is 0.779. The SMILES string of the molecule is CC(C)c1ccc(C(N)CNS(=O)(=O)CC2CCOC2)cc1.Cl. The zero-order valence-electron chi connectivity index (χ0n) is 13.7. The molecule has 2 rings (SSSR count). The normalized spacial score (nSPS) is 19.6. The minimum Gasteiger partial charge on any atom is -0.381 e. The first-order valence-electron chi connectivity index (χ1n) is 7.78. The molecule has 0 aliphatic carbocycles. The molecule has 0 radical (unpaired) electrons.